The van der Waals surface area contributed by atoms with E-state index >= 15 is 0 Å². The van der Waals surface area contributed by atoms with Gasteiger partial charge in [-0.1, -0.05) is 27.7 Å². The van der Waals surface area contributed by atoms with E-state index in [1.54, 1.807) is 0 Å². The number of nitrogens with two attached hydrogens (primary N) is 2. The average Bonchev–Trinajstić information content (AvgIpc) is 1.85. The largest absolute Gasteiger partial charge is 0.330 e. The predicted octanol–water partition coefficient (Wildman–Crippen LogP) is 1.59. The molecule has 4 N–H and O–H groups in total. The van der Waals surface area contributed by atoms with Gasteiger partial charge in [0, 0.05) is 6.04 Å². The summed E-state index contributed by atoms with van der Waals surface area (Å²) in [5, 5.41) is 0. The molecule has 0 aromatic carbocycles. The fourth-order valence-corrected chi connectivity index (χ4v) is 1.66. The second-order valence-electron chi connectivity index (χ2n) is 4.44. The minimum atomic E-state index is 0.273. The summed E-state index contributed by atoms with van der Waals surface area (Å²) in [4.78, 5) is 0. The van der Waals surface area contributed by atoms with Crippen LogP contribution in [0.4, 0.5) is 0 Å². The lowest BCUT2D eigenvalue weighted by molar-refractivity contribution is 0.293. The highest BCUT2D eigenvalue weighted by Gasteiger charge is 2.20. The summed E-state index contributed by atoms with van der Waals surface area (Å²) < 4.78 is 0. The Morgan fingerprint density at radius 2 is 1.58 bits per heavy atom. The minimum Gasteiger partial charge on any atom is -0.330 e. The molecule has 2 heteroatoms. The summed E-state index contributed by atoms with van der Waals surface area (Å²) in [6, 6.07) is 0.273. The predicted molar refractivity (Wildman–Crippen MR) is 54.8 cm³/mol. The Labute approximate surface area is 76.7 Å². The van der Waals surface area contributed by atoms with Crippen LogP contribution < -0.4 is 11.5 Å². The van der Waals surface area contributed by atoms with Crippen LogP contribution in [0.15, 0.2) is 0 Å². The fraction of sp³-hybridized carbons (Fsp3) is 1.00. The van der Waals surface area contributed by atoms with Crippen molar-refractivity contribution in [1.29, 1.82) is 0 Å². The molecule has 0 rings (SSSR count). The van der Waals surface area contributed by atoms with Crippen LogP contribution in [-0.4, -0.2) is 12.6 Å². The van der Waals surface area contributed by atoms with Gasteiger partial charge in [0.15, 0.2) is 0 Å². The van der Waals surface area contributed by atoms with Gasteiger partial charge in [-0.25, -0.2) is 0 Å². The molecule has 0 amide bonds. The minimum absolute atomic E-state index is 0.273. The van der Waals surface area contributed by atoms with Gasteiger partial charge in [0.25, 0.3) is 0 Å². The molecule has 2 atom stereocenters. The average molecular weight is 172 g/mol. The van der Waals surface area contributed by atoms with Gasteiger partial charge in [-0.15, -0.1) is 0 Å². The Morgan fingerprint density at radius 3 is 1.83 bits per heavy atom. The maximum absolute atomic E-state index is 6.05. The van der Waals surface area contributed by atoms with E-state index in [1.165, 1.54) is 0 Å². The third-order valence-electron chi connectivity index (χ3n) is 2.42. The summed E-state index contributed by atoms with van der Waals surface area (Å²) >= 11 is 0. The molecule has 0 spiro atoms. The van der Waals surface area contributed by atoms with Crippen molar-refractivity contribution in [3.8, 4) is 0 Å². The molecule has 0 bridgehead atoms. The highest BCUT2D eigenvalue weighted by molar-refractivity contribution is 4.77. The molecule has 0 fully saturated rings. The van der Waals surface area contributed by atoms with Crippen LogP contribution in [0.2, 0.25) is 0 Å². The molecular formula is C10H24N2. The molecule has 0 aliphatic carbocycles. The molecule has 0 aliphatic rings. The second kappa shape index (κ2) is 5.55. The van der Waals surface area contributed by atoms with Gasteiger partial charge in [-0.05, 0) is 30.7 Å². The zero-order valence-corrected chi connectivity index (χ0v) is 8.88. The van der Waals surface area contributed by atoms with Crippen molar-refractivity contribution in [3.63, 3.8) is 0 Å². The number of hydrogen-bond acceptors (Lipinski definition) is 2. The van der Waals surface area contributed by atoms with Gasteiger partial charge in [-0.3, -0.25) is 0 Å². The lowest BCUT2D eigenvalue weighted by Crippen LogP contribution is -2.39. The van der Waals surface area contributed by atoms with E-state index in [4.69, 9.17) is 11.5 Å². The lowest BCUT2D eigenvalue weighted by atomic mass is 9.85. The SMILES string of the molecule is CC(C)CC(N)C(CN)C(C)C. The van der Waals surface area contributed by atoms with E-state index in [2.05, 4.69) is 27.7 Å². The van der Waals surface area contributed by atoms with Gasteiger partial charge in [0.2, 0.25) is 0 Å². The van der Waals surface area contributed by atoms with Crippen LogP contribution in [0, 0.1) is 17.8 Å². The molecule has 74 valence electrons. The quantitative estimate of drug-likeness (QED) is 0.661. The maximum Gasteiger partial charge on any atom is 0.00840 e. The van der Waals surface area contributed by atoms with Crippen molar-refractivity contribution in [2.45, 2.75) is 40.2 Å². The molecule has 2 unspecified atom stereocenters. The van der Waals surface area contributed by atoms with Crippen LogP contribution in [0.3, 0.4) is 0 Å². The third kappa shape index (κ3) is 4.07. The number of hydrogen-bond donors (Lipinski definition) is 2. The van der Waals surface area contributed by atoms with Crippen molar-refractivity contribution in [2.75, 3.05) is 6.54 Å². The van der Waals surface area contributed by atoms with Gasteiger partial charge in [0.05, 0.1) is 0 Å². The van der Waals surface area contributed by atoms with E-state index in [1.807, 2.05) is 0 Å². The Morgan fingerprint density at radius 1 is 1.08 bits per heavy atom. The molecule has 0 aromatic rings. The van der Waals surface area contributed by atoms with Gasteiger partial charge in [-0.2, -0.15) is 0 Å². The highest BCUT2D eigenvalue weighted by Crippen LogP contribution is 2.17. The summed E-state index contributed by atoms with van der Waals surface area (Å²) in [5.74, 6) is 1.75. The Hall–Kier alpha value is -0.0800. The molecule has 0 aromatic heterocycles. The normalized spacial score (nSPS) is 17.0. The third-order valence-corrected chi connectivity index (χ3v) is 2.42. The first-order valence-electron chi connectivity index (χ1n) is 4.94. The molecule has 0 aliphatic heterocycles. The Balaban J connectivity index is 3.94. The fourth-order valence-electron chi connectivity index (χ4n) is 1.66. The Kier molecular flexibility index (Phi) is 5.51. The molecule has 0 saturated carbocycles. The van der Waals surface area contributed by atoms with Crippen LogP contribution >= 0.6 is 0 Å². The zero-order valence-electron chi connectivity index (χ0n) is 8.88. The van der Waals surface area contributed by atoms with E-state index in [-0.39, 0.29) is 6.04 Å². The molecule has 12 heavy (non-hydrogen) atoms. The van der Waals surface area contributed by atoms with E-state index in [9.17, 15) is 0 Å². The molecular weight excluding hydrogens is 148 g/mol. The second-order valence-corrected chi connectivity index (χ2v) is 4.44. The molecule has 0 radical (unpaired) electrons. The van der Waals surface area contributed by atoms with Crippen molar-refractivity contribution >= 4 is 0 Å². The van der Waals surface area contributed by atoms with Crippen LogP contribution in [-0.2, 0) is 0 Å². The lowest BCUT2D eigenvalue weighted by Gasteiger charge is -2.27. The number of rotatable bonds is 5. The molecule has 2 nitrogen and oxygen atoms in total. The van der Waals surface area contributed by atoms with Crippen molar-refractivity contribution in [2.24, 2.45) is 29.2 Å². The van der Waals surface area contributed by atoms with Gasteiger partial charge < -0.3 is 11.5 Å². The maximum atomic E-state index is 6.05. The van der Waals surface area contributed by atoms with Gasteiger partial charge in [0.1, 0.15) is 0 Å². The van der Waals surface area contributed by atoms with Crippen molar-refractivity contribution < 1.29 is 0 Å². The van der Waals surface area contributed by atoms with Crippen LogP contribution in [0.25, 0.3) is 0 Å². The topological polar surface area (TPSA) is 52.0 Å². The van der Waals surface area contributed by atoms with Crippen molar-refractivity contribution in [1.82, 2.24) is 0 Å². The summed E-state index contributed by atoms with van der Waals surface area (Å²) in [5.41, 5.74) is 11.7. The standard InChI is InChI=1S/C10H24N2/c1-7(2)5-10(12)9(6-11)8(3)4/h7-10H,5-6,11-12H2,1-4H3. The first kappa shape index (κ1) is 11.9. The van der Waals surface area contributed by atoms with Crippen molar-refractivity contribution in [3.05, 3.63) is 0 Å². The summed E-state index contributed by atoms with van der Waals surface area (Å²) in [6.07, 6.45) is 1.08. The first-order chi connectivity index (χ1) is 5.49. The monoisotopic (exact) mass is 172 g/mol. The van der Waals surface area contributed by atoms with Crippen LogP contribution in [0.1, 0.15) is 34.1 Å². The zero-order chi connectivity index (χ0) is 9.72. The van der Waals surface area contributed by atoms with Gasteiger partial charge >= 0.3 is 0 Å². The van der Waals surface area contributed by atoms with E-state index < -0.39 is 0 Å². The summed E-state index contributed by atoms with van der Waals surface area (Å²) in [6.45, 7) is 9.50. The van der Waals surface area contributed by atoms with Crippen LogP contribution in [0.5, 0.6) is 0 Å². The smallest absolute Gasteiger partial charge is 0.00840 e. The highest BCUT2D eigenvalue weighted by atomic mass is 14.7. The molecule has 0 heterocycles. The first-order valence-corrected chi connectivity index (χ1v) is 4.94. The summed E-state index contributed by atoms with van der Waals surface area (Å²) in [7, 11) is 0. The Bertz CT molecular complexity index is 110. The van der Waals surface area contributed by atoms with E-state index in [0.717, 1.165) is 6.42 Å². The molecule has 0 saturated heterocycles. The van der Waals surface area contributed by atoms with E-state index in [0.29, 0.717) is 24.3 Å².